The van der Waals surface area contributed by atoms with Crippen molar-refractivity contribution < 1.29 is 0 Å². The third kappa shape index (κ3) is 2.99. The molecule has 1 N–H and O–H groups in total. The second kappa shape index (κ2) is 5.83. The highest BCUT2D eigenvalue weighted by Gasteiger charge is 2.26. The van der Waals surface area contributed by atoms with E-state index in [9.17, 15) is 0 Å². The van der Waals surface area contributed by atoms with E-state index < -0.39 is 0 Å². The van der Waals surface area contributed by atoms with Gasteiger partial charge in [-0.2, -0.15) is 0 Å². The van der Waals surface area contributed by atoms with Gasteiger partial charge in [0.2, 0.25) is 0 Å². The zero-order valence-electron chi connectivity index (χ0n) is 10.5. The predicted octanol–water partition coefficient (Wildman–Crippen LogP) is 2.81. The summed E-state index contributed by atoms with van der Waals surface area (Å²) in [7, 11) is 0. The molecule has 2 unspecified atom stereocenters. The lowest BCUT2D eigenvalue weighted by Gasteiger charge is -2.40. The summed E-state index contributed by atoms with van der Waals surface area (Å²) in [6.45, 7) is 6.60. The summed E-state index contributed by atoms with van der Waals surface area (Å²) >= 11 is 3.43. The predicted molar refractivity (Wildman–Crippen MR) is 75.4 cm³/mol. The van der Waals surface area contributed by atoms with Gasteiger partial charge >= 0.3 is 0 Å². The van der Waals surface area contributed by atoms with Crippen LogP contribution in [-0.4, -0.2) is 30.2 Å². The van der Waals surface area contributed by atoms with E-state index in [0.29, 0.717) is 12.1 Å². The zero-order chi connectivity index (χ0) is 12.3. The number of halogens is 1. The van der Waals surface area contributed by atoms with E-state index >= 15 is 0 Å². The molecule has 94 valence electrons. The largest absolute Gasteiger partial charge is 0.351 e. The van der Waals surface area contributed by atoms with Gasteiger partial charge in [-0.15, -0.1) is 0 Å². The van der Waals surface area contributed by atoms with Crippen molar-refractivity contribution in [2.45, 2.75) is 38.8 Å². The van der Waals surface area contributed by atoms with Crippen molar-refractivity contribution in [2.75, 3.05) is 18.0 Å². The Labute approximate surface area is 112 Å². The van der Waals surface area contributed by atoms with Crippen LogP contribution in [0, 0.1) is 0 Å². The lowest BCUT2D eigenvalue weighted by Crippen LogP contribution is -2.56. The molecule has 0 aromatic carbocycles. The number of hydrogen-bond donors (Lipinski definition) is 1. The highest BCUT2D eigenvalue weighted by atomic mass is 79.9. The number of nitrogens with one attached hydrogen (secondary N) is 1. The number of hydrogen-bond acceptors (Lipinski definition) is 3. The number of nitrogens with zero attached hydrogens (tertiary/aromatic N) is 2. The lowest BCUT2D eigenvalue weighted by atomic mass is 10.1. The summed E-state index contributed by atoms with van der Waals surface area (Å²) in [6, 6.07) is 5.32. The minimum Gasteiger partial charge on any atom is -0.351 e. The number of pyridine rings is 1. The van der Waals surface area contributed by atoms with E-state index in [1.807, 2.05) is 6.20 Å². The summed E-state index contributed by atoms with van der Waals surface area (Å²) in [6.07, 6.45) is 4.20. The lowest BCUT2D eigenvalue weighted by molar-refractivity contribution is 0.377. The van der Waals surface area contributed by atoms with Crippen LogP contribution in [0.4, 0.5) is 5.82 Å². The number of aromatic nitrogens is 1. The Morgan fingerprint density at radius 1 is 1.41 bits per heavy atom. The normalized spacial score (nSPS) is 25.0. The van der Waals surface area contributed by atoms with Crippen LogP contribution < -0.4 is 10.2 Å². The third-order valence-electron chi connectivity index (χ3n) is 3.47. The molecule has 1 aromatic heterocycles. The molecule has 0 amide bonds. The molecule has 4 heteroatoms. The van der Waals surface area contributed by atoms with Gasteiger partial charge in [0.05, 0.1) is 0 Å². The van der Waals surface area contributed by atoms with Crippen LogP contribution >= 0.6 is 15.9 Å². The molecular formula is C13H20BrN3. The standard InChI is InChI=1S/C13H20BrN3/c1-3-11-9-17(12(4-2)8-15-11)13-6-5-10(14)7-16-13/h5-7,11-12,15H,3-4,8-9H2,1-2H3. The highest BCUT2D eigenvalue weighted by Crippen LogP contribution is 2.21. The van der Waals surface area contributed by atoms with Crippen molar-refractivity contribution in [1.29, 1.82) is 0 Å². The quantitative estimate of drug-likeness (QED) is 0.930. The van der Waals surface area contributed by atoms with Gasteiger partial charge in [-0.05, 0) is 40.9 Å². The van der Waals surface area contributed by atoms with Crippen molar-refractivity contribution in [2.24, 2.45) is 0 Å². The molecule has 0 saturated carbocycles. The number of piperazine rings is 1. The molecule has 1 aliphatic heterocycles. The molecule has 0 spiro atoms. The molecule has 0 aliphatic carbocycles. The van der Waals surface area contributed by atoms with Gasteiger partial charge in [0.1, 0.15) is 5.82 Å². The van der Waals surface area contributed by atoms with Gasteiger partial charge < -0.3 is 10.2 Å². The molecule has 0 radical (unpaired) electrons. The van der Waals surface area contributed by atoms with E-state index in [-0.39, 0.29) is 0 Å². The molecule has 2 heterocycles. The van der Waals surface area contributed by atoms with Crippen LogP contribution in [0.5, 0.6) is 0 Å². The summed E-state index contributed by atoms with van der Waals surface area (Å²) in [5.41, 5.74) is 0. The Kier molecular flexibility index (Phi) is 4.40. The van der Waals surface area contributed by atoms with Crippen LogP contribution in [0.15, 0.2) is 22.8 Å². The average molecular weight is 298 g/mol. The molecule has 1 fully saturated rings. The van der Waals surface area contributed by atoms with Gasteiger partial charge in [-0.25, -0.2) is 4.98 Å². The van der Waals surface area contributed by atoms with Crippen molar-refractivity contribution >= 4 is 21.7 Å². The van der Waals surface area contributed by atoms with Crippen molar-refractivity contribution in [3.63, 3.8) is 0 Å². The molecule has 3 nitrogen and oxygen atoms in total. The maximum atomic E-state index is 4.52. The first kappa shape index (κ1) is 12.8. The van der Waals surface area contributed by atoms with Gasteiger partial charge in [-0.1, -0.05) is 13.8 Å². The van der Waals surface area contributed by atoms with Gasteiger partial charge in [0, 0.05) is 35.8 Å². The number of rotatable bonds is 3. The maximum Gasteiger partial charge on any atom is 0.128 e. The topological polar surface area (TPSA) is 28.2 Å². The first-order valence-electron chi connectivity index (χ1n) is 6.36. The van der Waals surface area contributed by atoms with Crippen molar-refractivity contribution in [3.05, 3.63) is 22.8 Å². The average Bonchev–Trinajstić information content (AvgIpc) is 2.39. The Bertz CT molecular complexity index is 352. The summed E-state index contributed by atoms with van der Waals surface area (Å²) < 4.78 is 1.04. The van der Waals surface area contributed by atoms with E-state index in [1.165, 1.54) is 6.42 Å². The summed E-state index contributed by atoms with van der Waals surface area (Å²) in [4.78, 5) is 6.96. The Morgan fingerprint density at radius 2 is 2.24 bits per heavy atom. The second-order valence-corrected chi connectivity index (χ2v) is 5.48. The molecule has 1 saturated heterocycles. The minimum absolute atomic E-state index is 0.562. The maximum absolute atomic E-state index is 4.52. The zero-order valence-corrected chi connectivity index (χ0v) is 12.1. The summed E-state index contributed by atoms with van der Waals surface area (Å²) in [5.74, 6) is 1.10. The second-order valence-electron chi connectivity index (χ2n) is 4.56. The van der Waals surface area contributed by atoms with Crippen LogP contribution in [0.25, 0.3) is 0 Å². The van der Waals surface area contributed by atoms with Crippen LogP contribution in [0.1, 0.15) is 26.7 Å². The van der Waals surface area contributed by atoms with Crippen LogP contribution in [-0.2, 0) is 0 Å². The molecule has 2 rings (SSSR count). The highest BCUT2D eigenvalue weighted by molar-refractivity contribution is 9.10. The van der Waals surface area contributed by atoms with Crippen molar-refractivity contribution in [3.8, 4) is 0 Å². The first-order valence-corrected chi connectivity index (χ1v) is 7.15. The third-order valence-corrected chi connectivity index (χ3v) is 3.94. The smallest absolute Gasteiger partial charge is 0.128 e. The molecule has 0 bridgehead atoms. The van der Waals surface area contributed by atoms with Crippen LogP contribution in [0.3, 0.4) is 0 Å². The Hall–Kier alpha value is -0.610. The van der Waals surface area contributed by atoms with E-state index in [2.05, 4.69) is 57.1 Å². The summed E-state index contributed by atoms with van der Waals surface area (Å²) in [5, 5.41) is 3.60. The Morgan fingerprint density at radius 3 is 2.82 bits per heavy atom. The van der Waals surface area contributed by atoms with Gasteiger partial charge in [0.15, 0.2) is 0 Å². The molecule has 1 aliphatic rings. The fourth-order valence-corrected chi connectivity index (χ4v) is 2.56. The Balaban J connectivity index is 2.17. The first-order chi connectivity index (χ1) is 8.24. The van der Waals surface area contributed by atoms with E-state index in [4.69, 9.17) is 0 Å². The van der Waals surface area contributed by atoms with Gasteiger partial charge in [0.25, 0.3) is 0 Å². The van der Waals surface area contributed by atoms with Gasteiger partial charge in [-0.3, -0.25) is 0 Å². The molecule has 2 atom stereocenters. The minimum atomic E-state index is 0.562. The van der Waals surface area contributed by atoms with Crippen molar-refractivity contribution in [1.82, 2.24) is 10.3 Å². The van der Waals surface area contributed by atoms with E-state index in [1.54, 1.807) is 0 Å². The fraction of sp³-hybridized carbons (Fsp3) is 0.615. The fourth-order valence-electron chi connectivity index (χ4n) is 2.32. The van der Waals surface area contributed by atoms with Crippen LogP contribution in [0.2, 0.25) is 0 Å². The molecule has 1 aromatic rings. The molecular weight excluding hydrogens is 278 g/mol. The molecule has 17 heavy (non-hydrogen) atoms. The number of anilines is 1. The van der Waals surface area contributed by atoms with E-state index in [0.717, 1.165) is 29.8 Å². The SMILES string of the molecule is CCC1CN(c2ccc(Br)cn2)C(CC)CN1. The monoisotopic (exact) mass is 297 g/mol.